The van der Waals surface area contributed by atoms with Crippen LogP contribution in [-0.2, 0) is 4.79 Å². The molecular formula is C21H25N3O2S. The first-order chi connectivity index (χ1) is 13.0. The van der Waals surface area contributed by atoms with Crippen LogP contribution in [0.1, 0.15) is 45.5 Å². The van der Waals surface area contributed by atoms with Gasteiger partial charge in [-0.1, -0.05) is 6.07 Å². The Morgan fingerprint density at radius 2 is 1.81 bits per heavy atom. The first-order valence-corrected chi connectivity index (χ1v) is 10.4. The number of rotatable bonds is 4. The van der Waals surface area contributed by atoms with Crippen LogP contribution in [0.2, 0.25) is 0 Å². The van der Waals surface area contributed by atoms with Gasteiger partial charge in [0.15, 0.2) is 0 Å². The topological polar surface area (TPSA) is 45.6 Å². The molecule has 2 amide bonds. The summed E-state index contributed by atoms with van der Waals surface area (Å²) in [6.07, 6.45) is 6.13. The Morgan fingerprint density at radius 1 is 1.11 bits per heavy atom. The number of thiophene rings is 1. The van der Waals surface area contributed by atoms with Crippen LogP contribution < -0.4 is 0 Å². The summed E-state index contributed by atoms with van der Waals surface area (Å²) >= 11 is 1.46. The third kappa shape index (κ3) is 3.72. The molecule has 0 unspecified atom stereocenters. The molecule has 4 rings (SSSR count). The van der Waals surface area contributed by atoms with Gasteiger partial charge in [0.2, 0.25) is 5.91 Å². The summed E-state index contributed by atoms with van der Waals surface area (Å²) in [6, 6.07) is 6.56. The van der Waals surface area contributed by atoms with Crippen molar-refractivity contribution >= 4 is 29.2 Å². The third-order valence-electron chi connectivity index (χ3n) is 5.45. The molecule has 0 spiro atoms. The second-order valence-corrected chi connectivity index (χ2v) is 8.30. The van der Waals surface area contributed by atoms with Gasteiger partial charge in [-0.3, -0.25) is 9.59 Å². The van der Waals surface area contributed by atoms with Gasteiger partial charge in [-0.25, -0.2) is 0 Å². The maximum Gasteiger partial charge on any atom is 0.264 e. The smallest absolute Gasteiger partial charge is 0.264 e. The Balaban J connectivity index is 1.35. The Hall–Kier alpha value is -2.34. The maximum absolute atomic E-state index is 12.6. The van der Waals surface area contributed by atoms with E-state index in [0.717, 1.165) is 10.4 Å². The highest BCUT2D eigenvalue weighted by molar-refractivity contribution is 7.12. The number of carbonyl (C=O) groups is 2. The summed E-state index contributed by atoms with van der Waals surface area (Å²) in [5.41, 5.74) is 3.63. The van der Waals surface area contributed by atoms with Crippen LogP contribution in [0.5, 0.6) is 0 Å². The van der Waals surface area contributed by atoms with E-state index in [-0.39, 0.29) is 11.8 Å². The SMILES string of the molecule is Cc1cc(/C=C/C(=O)N2CCN(C(=O)c3cccs3)CC2)c(C)n1C1CC1. The molecule has 27 heavy (non-hydrogen) atoms. The highest BCUT2D eigenvalue weighted by Gasteiger charge is 2.27. The van der Waals surface area contributed by atoms with E-state index in [1.54, 1.807) is 6.08 Å². The lowest BCUT2D eigenvalue weighted by molar-refractivity contribution is -0.127. The Bertz CT molecular complexity index is 870. The van der Waals surface area contributed by atoms with Gasteiger partial charge in [-0.2, -0.15) is 0 Å². The Morgan fingerprint density at radius 3 is 2.44 bits per heavy atom. The molecule has 2 aliphatic rings. The highest BCUT2D eigenvalue weighted by atomic mass is 32.1. The minimum Gasteiger partial charge on any atom is -0.346 e. The minimum atomic E-state index is 0.0226. The molecule has 3 heterocycles. The van der Waals surface area contributed by atoms with Crippen molar-refractivity contribution in [3.8, 4) is 0 Å². The molecule has 0 N–H and O–H groups in total. The molecule has 1 saturated heterocycles. The van der Waals surface area contributed by atoms with Crippen LogP contribution in [-0.4, -0.2) is 52.4 Å². The van der Waals surface area contributed by atoms with Crippen molar-refractivity contribution in [3.05, 3.63) is 51.5 Å². The zero-order chi connectivity index (χ0) is 19.0. The Kier molecular flexibility index (Phi) is 4.91. The van der Waals surface area contributed by atoms with Crippen molar-refractivity contribution in [2.24, 2.45) is 0 Å². The average Bonchev–Trinajstić information content (AvgIpc) is 3.26. The molecule has 0 aromatic carbocycles. The summed E-state index contributed by atoms with van der Waals surface area (Å²) < 4.78 is 2.39. The minimum absolute atomic E-state index is 0.0226. The quantitative estimate of drug-likeness (QED) is 0.759. The second kappa shape index (κ2) is 7.35. The fourth-order valence-electron chi connectivity index (χ4n) is 3.82. The van der Waals surface area contributed by atoms with Gasteiger partial charge in [0.25, 0.3) is 5.91 Å². The van der Waals surface area contributed by atoms with Gasteiger partial charge in [0.05, 0.1) is 4.88 Å². The van der Waals surface area contributed by atoms with Crippen molar-refractivity contribution in [1.29, 1.82) is 0 Å². The number of aryl methyl sites for hydroxylation is 1. The molecule has 1 aliphatic heterocycles. The first-order valence-electron chi connectivity index (χ1n) is 9.53. The summed E-state index contributed by atoms with van der Waals surface area (Å²) in [5, 5.41) is 1.91. The molecule has 5 nitrogen and oxygen atoms in total. The largest absolute Gasteiger partial charge is 0.346 e. The number of amides is 2. The number of hydrogen-bond donors (Lipinski definition) is 0. The monoisotopic (exact) mass is 383 g/mol. The van der Waals surface area contributed by atoms with E-state index < -0.39 is 0 Å². The molecule has 0 bridgehead atoms. The molecule has 1 aliphatic carbocycles. The van der Waals surface area contributed by atoms with Crippen molar-refractivity contribution in [3.63, 3.8) is 0 Å². The fraction of sp³-hybridized carbons (Fsp3) is 0.429. The summed E-state index contributed by atoms with van der Waals surface area (Å²) in [7, 11) is 0. The van der Waals surface area contributed by atoms with Gasteiger partial charge >= 0.3 is 0 Å². The molecule has 0 radical (unpaired) electrons. The zero-order valence-electron chi connectivity index (χ0n) is 15.9. The normalized spacial score (nSPS) is 17.7. The zero-order valence-corrected chi connectivity index (χ0v) is 16.7. The van der Waals surface area contributed by atoms with Crippen molar-refractivity contribution in [2.45, 2.75) is 32.7 Å². The number of aromatic nitrogens is 1. The number of piperazine rings is 1. The average molecular weight is 384 g/mol. The highest BCUT2D eigenvalue weighted by Crippen LogP contribution is 2.38. The molecule has 142 valence electrons. The maximum atomic E-state index is 12.6. The summed E-state index contributed by atoms with van der Waals surface area (Å²) in [6.45, 7) is 6.61. The van der Waals surface area contributed by atoms with Crippen LogP contribution in [0.3, 0.4) is 0 Å². The molecule has 6 heteroatoms. The lowest BCUT2D eigenvalue weighted by Gasteiger charge is -2.34. The number of hydrogen-bond acceptors (Lipinski definition) is 3. The van der Waals surface area contributed by atoms with E-state index in [1.165, 1.54) is 35.6 Å². The van der Waals surface area contributed by atoms with Gasteiger partial charge in [-0.15, -0.1) is 11.3 Å². The third-order valence-corrected chi connectivity index (χ3v) is 6.31. The predicted octanol–water partition coefficient (Wildman–Crippen LogP) is 3.50. The number of carbonyl (C=O) groups excluding carboxylic acids is 2. The second-order valence-electron chi connectivity index (χ2n) is 7.36. The summed E-state index contributed by atoms with van der Waals surface area (Å²) in [5.74, 6) is 0.0922. The van der Waals surface area contributed by atoms with Gasteiger partial charge < -0.3 is 14.4 Å². The van der Waals surface area contributed by atoms with E-state index in [1.807, 2.05) is 33.4 Å². The van der Waals surface area contributed by atoms with Crippen molar-refractivity contribution in [2.75, 3.05) is 26.2 Å². The van der Waals surface area contributed by atoms with Gasteiger partial charge in [-0.05, 0) is 55.8 Å². The fourth-order valence-corrected chi connectivity index (χ4v) is 4.51. The number of nitrogens with zero attached hydrogens (tertiary/aromatic N) is 3. The standard InChI is InChI=1S/C21H25N3O2S/c1-15-14-17(16(2)24(15)18-6-7-18)5-8-20(25)22-9-11-23(12-10-22)21(26)19-4-3-13-27-19/h3-5,8,13-14,18H,6-7,9-12H2,1-2H3/b8-5+. The first kappa shape index (κ1) is 18.0. The van der Waals surface area contributed by atoms with Crippen LogP contribution in [0.15, 0.2) is 29.7 Å². The predicted molar refractivity (Wildman–Crippen MR) is 108 cm³/mol. The van der Waals surface area contributed by atoms with E-state index in [0.29, 0.717) is 32.2 Å². The van der Waals surface area contributed by atoms with Crippen LogP contribution >= 0.6 is 11.3 Å². The summed E-state index contributed by atoms with van der Waals surface area (Å²) in [4.78, 5) is 29.4. The van der Waals surface area contributed by atoms with Crippen molar-refractivity contribution in [1.82, 2.24) is 14.4 Å². The van der Waals surface area contributed by atoms with Gasteiger partial charge in [0, 0.05) is 49.7 Å². The van der Waals surface area contributed by atoms with E-state index >= 15 is 0 Å². The van der Waals surface area contributed by atoms with Crippen LogP contribution in [0, 0.1) is 13.8 Å². The van der Waals surface area contributed by atoms with E-state index in [4.69, 9.17) is 0 Å². The van der Waals surface area contributed by atoms with E-state index in [2.05, 4.69) is 24.5 Å². The molecule has 2 aromatic heterocycles. The molecule has 2 fully saturated rings. The van der Waals surface area contributed by atoms with Crippen LogP contribution in [0.4, 0.5) is 0 Å². The molecular weight excluding hydrogens is 358 g/mol. The lowest BCUT2D eigenvalue weighted by atomic mass is 10.2. The molecule has 1 saturated carbocycles. The van der Waals surface area contributed by atoms with Crippen molar-refractivity contribution < 1.29 is 9.59 Å². The van der Waals surface area contributed by atoms with Crippen LogP contribution in [0.25, 0.3) is 6.08 Å². The lowest BCUT2D eigenvalue weighted by Crippen LogP contribution is -2.50. The van der Waals surface area contributed by atoms with Gasteiger partial charge in [0.1, 0.15) is 0 Å². The molecule has 2 aromatic rings. The van der Waals surface area contributed by atoms with E-state index in [9.17, 15) is 9.59 Å². The Labute approximate surface area is 163 Å². The molecule has 0 atom stereocenters.